The first-order valence-corrected chi connectivity index (χ1v) is 6.56. The molecule has 0 amide bonds. The molecule has 0 saturated heterocycles. The molecule has 116 valence electrons. The molecule has 0 unspecified atom stereocenters. The van der Waals surface area contributed by atoms with Crippen molar-refractivity contribution in [3.63, 3.8) is 0 Å². The highest BCUT2D eigenvalue weighted by Crippen LogP contribution is 2.31. The molecule has 1 aromatic rings. The Kier molecular flexibility index (Phi) is 6.61. The van der Waals surface area contributed by atoms with Crippen LogP contribution in [0.1, 0.15) is 12.0 Å². The highest BCUT2D eigenvalue weighted by atomic mass is 16.6. The van der Waals surface area contributed by atoms with Gasteiger partial charge in [-0.1, -0.05) is 12.1 Å². The minimum absolute atomic E-state index is 0.0541. The molecule has 0 saturated carbocycles. The highest BCUT2D eigenvalue weighted by molar-refractivity contribution is 5.71. The summed E-state index contributed by atoms with van der Waals surface area (Å²) in [6.45, 7) is 2.89. The van der Waals surface area contributed by atoms with E-state index in [-0.39, 0.29) is 18.1 Å². The Balaban J connectivity index is 3.04. The summed E-state index contributed by atoms with van der Waals surface area (Å²) in [6, 6.07) is 5.13. The predicted molar refractivity (Wildman–Crippen MR) is 78.6 cm³/mol. The quantitative estimate of drug-likeness (QED) is 0.414. The van der Waals surface area contributed by atoms with E-state index in [1.807, 2.05) is 0 Å². The first kappa shape index (κ1) is 16.9. The van der Waals surface area contributed by atoms with Gasteiger partial charge in [0.05, 0.1) is 25.1 Å². The number of carbonyl (C=O) groups excluding carboxylic acids is 1. The SMILES string of the molecule is COCCN(CCC(=O)OC)c1cccc(C)c1[N+](=O)[O-]. The summed E-state index contributed by atoms with van der Waals surface area (Å²) in [4.78, 5) is 23.9. The van der Waals surface area contributed by atoms with E-state index in [4.69, 9.17) is 4.74 Å². The number of anilines is 1. The van der Waals surface area contributed by atoms with Crippen LogP contribution < -0.4 is 4.90 Å². The molecule has 0 aliphatic heterocycles. The predicted octanol–water partition coefficient (Wildman–Crippen LogP) is 1.92. The molecule has 7 heteroatoms. The molecule has 0 heterocycles. The summed E-state index contributed by atoms with van der Waals surface area (Å²) in [5.74, 6) is -0.354. The summed E-state index contributed by atoms with van der Waals surface area (Å²) >= 11 is 0. The molecule has 0 N–H and O–H groups in total. The Morgan fingerprint density at radius 2 is 2.05 bits per heavy atom. The average molecular weight is 296 g/mol. The second-order valence-corrected chi connectivity index (χ2v) is 4.51. The van der Waals surface area contributed by atoms with E-state index in [1.54, 1.807) is 37.1 Å². The summed E-state index contributed by atoms with van der Waals surface area (Å²) in [6.07, 6.45) is 0.158. The number of ether oxygens (including phenoxy) is 2. The van der Waals surface area contributed by atoms with Crippen molar-refractivity contribution < 1.29 is 19.2 Å². The lowest BCUT2D eigenvalue weighted by molar-refractivity contribution is -0.384. The highest BCUT2D eigenvalue weighted by Gasteiger charge is 2.22. The Bertz CT molecular complexity index is 504. The summed E-state index contributed by atoms with van der Waals surface area (Å²) in [7, 11) is 2.88. The van der Waals surface area contributed by atoms with Gasteiger partial charge in [-0.15, -0.1) is 0 Å². The number of nitro groups is 1. The standard InChI is InChI=1S/C14H20N2O5/c1-11-5-4-6-12(14(11)16(18)19)15(9-10-20-2)8-7-13(17)21-3/h4-6H,7-10H2,1-3H3. The van der Waals surface area contributed by atoms with Crippen molar-refractivity contribution in [3.05, 3.63) is 33.9 Å². The fourth-order valence-electron chi connectivity index (χ4n) is 2.02. The Morgan fingerprint density at radius 3 is 2.62 bits per heavy atom. The molecular formula is C14H20N2O5. The van der Waals surface area contributed by atoms with Crippen molar-refractivity contribution in [1.82, 2.24) is 0 Å². The summed E-state index contributed by atoms with van der Waals surface area (Å²) in [5, 5.41) is 11.3. The average Bonchev–Trinajstić information content (AvgIpc) is 2.46. The van der Waals surface area contributed by atoms with Gasteiger partial charge < -0.3 is 14.4 Å². The zero-order chi connectivity index (χ0) is 15.8. The lowest BCUT2D eigenvalue weighted by Crippen LogP contribution is -2.30. The zero-order valence-electron chi connectivity index (χ0n) is 12.5. The van der Waals surface area contributed by atoms with Crippen LogP contribution in [0, 0.1) is 17.0 Å². The van der Waals surface area contributed by atoms with Crippen molar-refractivity contribution in [2.75, 3.05) is 38.8 Å². The molecule has 0 fully saturated rings. The number of hydrogen-bond acceptors (Lipinski definition) is 6. The third kappa shape index (κ3) is 4.71. The maximum atomic E-state index is 11.3. The molecule has 21 heavy (non-hydrogen) atoms. The van der Waals surface area contributed by atoms with E-state index in [1.165, 1.54) is 7.11 Å². The number of benzene rings is 1. The van der Waals surface area contributed by atoms with Gasteiger partial charge in [-0.2, -0.15) is 0 Å². The Labute approximate surface area is 123 Å². The molecule has 0 radical (unpaired) electrons. The van der Waals surface area contributed by atoms with Crippen LogP contribution in [0.25, 0.3) is 0 Å². The topological polar surface area (TPSA) is 81.9 Å². The van der Waals surface area contributed by atoms with E-state index in [0.29, 0.717) is 30.9 Å². The van der Waals surface area contributed by atoms with Crippen molar-refractivity contribution in [1.29, 1.82) is 0 Å². The second-order valence-electron chi connectivity index (χ2n) is 4.51. The maximum Gasteiger partial charge on any atom is 0.307 e. The molecule has 0 aliphatic carbocycles. The minimum atomic E-state index is -0.400. The van der Waals surface area contributed by atoms with Crippen molar-refractivity contribution in [2.45, 2.75) is 13.3 Å². The first-order chi connectivity index (χ1) is 10.0. The summed E-state index contributed by atoms with van der Waals surface area (Å²) in [5.41, 5.74) is 1.12. The maximum absolute atomic E-state index is 11.3. The third-order valence-corrected chi connectivity index (χ3v) is 3.12. The van der Waals surface area contributed by atoms with Gasteiger partial charge in [-0.3, -0.25) is 14.9 Å². The molecule has 1 aromatic carbocycles. The number of methoxy groups -OCH3 is 2. The molecule has 0 atom stereocenters. The van der Waals surface area contributed by atoms with Gasteiger partial charge in [-0.05, 0) is 13.0 Å². The van der Waals surface area contributed by atoms with Crippen molar-refractivity contribution in [3.8, 4) is 0 Å². The van der Waals surface area contributed by atoms with E-state index in [2.05, 4.69) is 4.74 Å². The van der Waals surface area contributed by atoms with E-state index in [0.717, 1.165) is 0 Å². The van der Waals surface area contributed by atoms with Crippen LogP contribution in [0.5, 0.6) is 0 Å². The fraction of sp³-hybridized carbons (Fsp3) is 0.500. The smallest absolute Gasteiger partial charge is 0.307 e. The van der Waals surface area contributed by atoms with Gasteiger partial charge in [0.25, 0.3) is 5.69 Å². The lowest BCUT2D eigenvalue weighted by Gasteiger charge is -2.24. The number of aryl methyl sites for hydroxylation is 1. The molecular weight excluding hydrogens is 276 g/mol. The van der Waals surface area contributed by atoms with Gasteiger partial charge in [0, 0.05) is 25.8 Å². The van der Waals surface area contributed by atoms with Crippen LogP contribution >= 0.6 is 0 Å². The normalized spacial score (nSPS) is 10.2. The van der Waals surface area contributed by atoms with E-state index >= 15 is 0 Å². The van der Waals surface area contributed by atoms with Crippen molar-refractivity contribution in [2.24, 2.45) is 0 Å². The van der Waals surface area contributed by atoms with Gasteiger partial charge in [0.1, 0.15) is 5.69 Å². The number of nitrogens with zero attached hydrogens (tertiary/aromatic N) is 2. The zero-order valence-corrected chi connectivity index (χ0v) is 12.5. The van der Waals surface area contributed by atoms with Gasteiger partial charge >= 0.3 is 5.97 Å². The Hall–Kier alpha value is -2.15. The van der Waals surface area contributed by atoms with Gasteiger partial charge in [0.2, 0.25) is 0 Å². The number of rotatable bonds is 8. The van der Waals surface area contributed by atoms with Crippen LogP contribution in [0.3, 0.4) is 0 Å². The van der Waals surface area contributed by atoms with E-state index in [9.17, 15) is 14.9 Å². The Morgan fingerprint density at radius 1 is 1.33 bits per heavy atom. The number of hydrogen-bond donors (Lipinski definition) is 0. The molecule has 0 aliphatic rings. The fourth-order valence-corrected chi connectivity index (χ4v) is 2.02. The number of esters is 1. The molecule has 0 aromatic heterocycles. The second kappa shape index (κ2) is 8.21. The molecule has 1 rings (SSSR count). The molecule has 0 spiro atoms. The number of para-hydroxylation sites is 1. The summed E-state index contributed by atoms with van der Waals surface area (Å²) < 4.78 is 9.64. The lowest BCUT2D eigenvalue weighted by atomic mass is 10.1. The molecule has 0 bridgehead atoms. The van der Waals surface area contributed by atoms with Crippen LogP contribution in [-0.4, -0.2) is 44.8 Å². The monoisotopic (exact) mass is 296 g/mol. The number of carbonyl (C=O) groups is 1. The third-order valence-electron chi connectivity index (χ3n) is 3.12. The molecule has 7 nitrogen and oxygen atoms in total. The van der Waals surface area contributed by atoms with Gasteiger partial charge in [0.15, 0.2) is 0 Å². The largest absolute Gasteiger partial charge is 0.469 e. The van der Waals surface area contributed by atoms with Crippen LogP contribution in [0.4, 0.5) is 11.4 Å². The number of nitro benzene ring substituents is 1. The van der Waals surface area contributed by atoms with Crippen LogP contribution in [0.2, 0.25) is 0 Å². The van der Waals surface area contributed by atoms with Gasteiger partial charge in [-0.25, -0.2) is 0 Å². The van der Waals surface area contributed by atoms with Crippen LogP contribution in [0.15, 0.2) is 18.2 Å². The van der Waals surface area contributed by atoms with Crippen LogP contribution in [-0.2, 0) is 14.3 Å². The minimum Gasteiger partial charge on any atom is -0.469 e. The van der Waals surface area contributed by atoms with E-state index < -0.39 is 4.92 Å². The first-order valence-electron chi connectivity index (χ1n) is 6.56. The van der Waals surface area contributed by atoms with Crippen molar-refractivity contribution >= 4 is 17.3 Å².